The Labute approximate surface area is 182 Å². The average molecular weight is 412 g/mol. The quantitative estimate of drug-likeness (QED) is 0.618. The molecule has 1 N–H and O–H groups in total. The van der Waals surface area contributed by atoms with Gasteiger partial charge in [0.05, 0.1) is 12.1 Å². The Kier molecular flexibility index (Phi) is 5.42. The number of benzene rings is 2. The molecular formula is C26H25N3O2. The molecule has 0 unspecified atom stereocenters. The van der Waals surface area contributed by atoms with Gasteiger partial charge in [-0.05, 0) is 67.6 Å². The first-order valence-electron chi connectivity index (χ1n) is 10.3. The molecule has 0 saturated carbocycles. The third-order valence-corrected chi connectivity index (χ3v) is 5.54. The van der Waals surface area contributed by atoms with Gasteiger partial charge in [-0.15, -0.1) is 0 Å². The van der Waals surface area contributed by atoms with Crippen molar-refractivity contribution >= 4 is 23.1 Å². The van der Waals surface area contributed by atoms with E-state index in [0.717, 1.165) is 39.1 Å². The summed E-state index contributed by atoms with van der Waals surface area (Å²) in [6.45, 7) is 8.13. The Bertz CT molecular complexity index is 1210. The van der Waals surface area contributed by atoms with Crippen LogP contribution in [0.15, 0.2) is 66.6 Å². The smallest absolute Gasteiger partial charge is 0.278 e. The molecular weight excluding hydrogens is 386 g/mol. The summed E-state index contributed by atoms with van der Waals surface area (Å²) in [6, 6.07) is 15.6. The Morgan fingerprint density at radius 1 is 0.871 bits per heavy atom. The summed E-state index contributed by atoms with van der Waals surface area (Å²) in [6.07, 6.45) is 3.34. The van der Waals surface area contributed by atoms with Crippen LogP contribution in [-0.4, -0.2) is 21.7 Å². The minimum absolute atomic E-state index is 0.178. The zero-order chi connectivity index (χ0) is 22.1. The second-order valence-corrected chi connectivity index (χ2v) is 8.07. The lowest BCUT2D eigenvalue weighted by atomic mass is 9.97. The van der Waals surface area contributed by atoms with Gasteiger partial charge in [-0.25, -0.2) is 0 Å². The van der Waals surface area contributed by atoms with Gasteiger partial charge in [0, 0.05) is 18.1 Å². The summed E-state index contributed by atoms with van der Waals surface area (Å²) in [5.41, 5.74) is 7.26. The van der Waals surface area contributed by atoms with Crippen molar-refractivity contribution in [2.75, 3.05) is 5.32 Å². The van der Waals surface area contributed by atoms with Crippen LogP contribution in [0.2, 0.25) is 0 Å². The molecule has 5 nitrogen and oxygen atoms in total. The molecule has 0 radical (unpaired) electrons. The van der Waals surface area contributed by atoms with E-state index >= 15 is 0 Å². The molecule has 2 amide bonds. The van der Waals surface area contributed by atoms with Gasteiger partial charge in [0.15, 0.2) is 0 Å². The number of aryl methyl sites for hydroxylation is 4. The SMILES string of the molecule is Cc1ccc(C2=C(Nc3cc(C)ccc3C)C(=O)N(Cc3cccnc3)C2=O)c(C)c1. The van der Waals surface area contributed by atoms with E-state index in [4.69, 9.17) is 0 Å². The maximum atomic E-state index is 13.5. The molecule has 4 rings (SSSR count). The maximum absolute atomic E-state index is 13.5. The molecule has 5 heteroatoms. The third kappa shape index (κ3) is 3.99. The van der Waals surface area contributed by atoms with E-state index in [0.29, 0.717) is 11.3 Å². The number of pyridine rings is 1. The number of rotatable bonds is 5. The second-order valence-electron chi connectivity index (χ2n) is 8.07. The Morgan fingerprint density at radius 2 is 1.61 bits per heavy atom. The highest BCUT2D eigenvalue weighted by Gasteiger charge is 2.39. The van der Waals surface area contributed by atoms with Gasteiger partial charge in [0.2, 0.25) is 0 Å². The largest absolute Gasteiger partial charge is 0.350 e. The molecule has 0 atom stereocenters. The van der Waals surface area contributed by atoms with Crippen molar-refractivity contribution < 1.29 is 9.59 Å². The van der Waals surface area contributed by atoms with Gasteiger partial charge in [-0.2, -0.15) is 0 Å². The van der Waals surface area contributed by atoms with Crippen LogP contribution in [-0.2, 0) is 16.1 Å². The zero-order valence-electron chi connectivity index (χ0n) is 18.2. The van der Waals surface area contributed by atoms with E-state index in [2.05, 4.69) is 10.3 Å². The first-order valence-corrected chi connectivity index (χ1v) is 10.3. The van der Waals surface area contributed by atoms with Gasteiger partial charge < -0.3 is 5.32 Å². The Hall–Kier alpha value is -3.73. The zero-order valence-corrected chi connectivity index (χ0v) is 18.2. The number of amides is 2. The van der Waals surface area contributed by atoms with E-state index in [1.807, 2.05) is 70.2 Å². The van der Waals surface area contributed by atoms with Crippen LogP contribution in [0.1, 0.15) is 33.4 Å². The van der Waals surface area contributed by atoms with Gasteiger partial charge >= 0.3 is 0 Å². The van der Waals surface area contributed by atoms with Gasteiger partial charge in [0.1, 0.15) is 5.70 Å². The van der Waals surface area contributed by atoms with Crippen molar-refractivity contribution in [3.8, 4) is 0 Å². The van der Waals surface area contributed by atoms with Crippen molar-refractivity contribution in [2.24, 2.45) is 0 Å². The number of nitrogens with zero attached hydrogens (tertiary/aromatic N) is 2. The summed E-state index contributed by atoms with van der Waals surface area (Å²) >= 11 is 0. The Balaban J connectivity index is 1.81. The van der Waals surface area contributed by atoms with E-state index in [9.17, 15) is 9.59 Å². The monoisotopic (exact) mass is 411 g/mol. The fourth-order valence-electron chi connectivity index (χ4n) is 3.86. The maximum Gasteiger partial charge on any atom is 0.278 e. The predicted molar refractivity (Wildman–Crippen MR) is 122 cm³/mol. The summed E-state index contributed by atoms with van der Waals surface area (Å²) in [5.74, 6) is -0.627. The number of hydrogen-bond acceptors (Lipinski definition) is 4. The fraction of sp³-hybridized carbons (Fsp3) is 0.192. The summed E-state index contributed by atoms with van der Waals surface area (Å²) < 4.78 is 0. The molecule has 0 spiro atoms. The van der Waals surface area contributed by atoms with E-state index in [1.54, 1.807) is 18.5 Å². The number of nitrogens with one attached hydrogen (secondary N) is 1. The summed E-state index contributed by atoms with van der Waals surface area (Å²) in [4.78, 5) is 32.3. The summed E-state index contributed by atoms with van der Waals surface area (Å²) in [7, 11) is 0. The van der Waals surface area contributed by atoms with Crippen molar-refractivity contribution in [3.63, 3.8) is 0 Å². The van der Waals surface area contributed by atoms with Crippen molar-refractivity contribution in [1.82, 2.24) is 9.88 Å². The third-order valence-electron chi connectivity index (χ3n) is 5.54. The number of carbonyl (C=O) groups is 2. The molecule has 0 saturated heterocycles. The molecule has 1 aliphatic heterocycles. The fourth-order valence-corrected chi connectivity index (χ4v) is 3.86. The van der Waals surface area contributed by atoms with Crippen LogP contribution < -0.4 is 5.32 Å². The highest BCUT2D eigenvalue weighted by Crippen LogP contribution is 2.34. The number of hydrogen-bond donors (Lipinski definition) is 1. The molecule has 31 heavy (non-hydrogen) atoms. The standard InChI is InChI=1S/C26H25N3O2/c1-16-8-10-21(19(4)12-16)23-24(28-22-13-17(2)7-9-18(22)3)26(31)29(25(23)30)15-20-6-5-11-27-14-20/h5-14,28H,15H2,1-4H3. The predicted octanol–water partition coefficient (Wildman–Crippen LogP) is 4.71. The minimum atomic E-state index is -0.329. The molecule has 0 fully saturated rings. The van der Waals surface area contributed by atoms with Crippen LogP contribution >= 0.6 is 0 Å². The molecule has 2 aromatic carbocycles. The van der Waals surface area contributed by atoms with Crippen LogP contribution in [0.3, 0.4) is 0 Å². The van der Waals surface area contributed by atoms with Gasteiger partial charge in [0.25, 0.3) is 11.8 Å². The molecule has 1 aromatic heterocycles. The van der Waals surface area contributed by atoms with Crippen LogP contribution in [0.4, 0.5) is 5.69 Å². The second kappa shape index (κ2) is 8.19. The van der Waals surface area contributed by atoms with Gasteiger partial charge in [-0.1, -0.05) is 42.0 Å². The normalized spacial score (nSPS) is 13.9. The molecule has 0 bridgehead atoms. The van der Waals surface area contributed by atoms with Gasteiger partial charge in [-0.3, -0.25) is 19.5 Å². The average Bonchev–Trinajstić information content (AvgIpc) is 2.96. The molecule has 3 aromatic rings. The lowest BCUT2D eigenvalue weighted by Crippen LogP contribution is -2.32. The molecule has 0 aliphatic carbocycles. The lowest BCUT2D eigenvalue weighted by molar-refractivity contribution is -0.137. The highest BCUT2D eigenvalue weighted by molar-refractivity contribution is 6.36. The van der Waals surface area contributed by atoms with Crippen molar-refractivity contribution in [3.05, 3.63) is 100 Å². The lowest BCUT2D eigenvalue weighted by Gasteiger charge is -2.16. The summed E-state index contributed by atoms with van der Waals surface area (Å²) in [5, 5.41) is 3.29. The Morgan fingerprint density at radius 3 is 2.32 bits per heavy atom. The number of anilines is 1. The number of aromatic nitrogens is 1. The minimum Gasteiger partial charge on any atom is -0.350 e. The van der Waals surface area contributed by atoms with E-state index in [-0.39, 0.29) is 18.4 Å². The first kappa shape index (κ1) is 20.5. The molecule has 156 valence electrons. The van der Waals surface area contributed by atoms with Crippen molar-refractivity contribution in [2.45, 2.75) is 34.2 Å². The van der Waals surface area contributed by atoms with Crippen LogP contribution in [0, 0.1) is 27.7 Å². The number of carbonyl (C=O) groups excluding carboxylic acids is 2. The van der Waals surface area contributed by atoms with E-state index in [1.165, 1.54) is 4.90 Å². The van der Waals surface area contributed by atoms with Crippen LogP contribution in [0.25, 0.3) is 5.57 Å². The van der Waals surface area contributed by atoms with Crippen LogP contribution in [0.5, 0.6) is 0 Å². The van der Waals surface area contributed by atoms with Crippen molar-refractivity contribution in [1.29, 1.82) is 0 Å². The highest BCUT2D eigenvalue weighted by atomic mass is 16.2. The first-order chi connectivity index (χ1) is 14.8. The molecule has 1 aliphatic rings. The number of imide groups is 1. The topological polar surface area (TPSA) is 62.3 Å². The van der Waals surface area contributed by atoms with E-state index < -0.39 is 0 Å². The molecule has 2 heterocycles.